The van der Waals surface area contributed by atoms with E-state index in [0.717, 1.165) is 16.3 Å². The molecule has 4 heteroatoms. The first-order valence-electron chi connectivity index (χ1n) is 8.11. The smallest absolute Gasteiger partial charge is 0.339 e. The fourth-order valence-electron chi connectivity index (χ4n) is 2.65. The Kier molecular flexibility index (Phi) is 4.80. The van der Waals surface area contributed by atoms with Crippen molar-refractivity contribution in [3.63, 3.8) is 0 Å². The number of anilines is 1. The van der Waals surface area contributed by atoms with Gasteiger partial charge in [-0.2, -0.15) is 0 Å². The van der Waals surface area contributed by atoms with E-state index in [-0.39, 0.29) is 5.91 Å². The highest BCUT2D eigenvalue weighted by molar-refractivity contribution is 6.05. The average molecular weight is 333 g/mol. The largest absolute Gasteiger partial charge is 0.449 e. The maximum Gasteiger partial charge on any atom is 0.339 e. The zero-order valence-electron chi connectivity index (χ0n) is 14.2. The van der Waals surface area contributed by atoms with Gasteiger partial charge in [0.1, 0.15) is 0 Å². The highest BCUT2D eigenvalue weighted by Gasteiger charge is 2.20. The molecule has 0 spiro atoms. The molecular weight excluding hydrogens is 314 g/mol. The van der Waals surface area contributed by atoms with Crippen molar-refractivity contribution in [2.24, 2.45) is 0 Å². The molecule has 0 bridgehead atoms. The summed E-state index contributed by atoms with van der Waals surface area (Å²) >= 11 is 0. The van der Waals surface area contributed by atoms with Gasteiger partial charge in [0, 0.05) is 5.69 Å². The maximum atomic E-state index is 12.5. The van der Waals surface area contributed by atoms with Crippen LogP contribution in [0.3, 0.4) is 0 Å². The Hall–Kier alpha value is -3.14. The van der Waals surface area contributed by atoms with E-state index in [1.807, 2.05) is 55.5 Å². The van der Waals surface area contributed by atoms with E-state index in [1.165, 1.54) is 0 Å². The third-order valence-electron chi connectivity index (χ3n) is 3.95. The van der Waals surface area contributed by atoms with Gasteiger partial charge in [-0.1, -0.05) is 48.5 Å². The maximum absolute atomic E-state index is 12.5. The molecule has 0 unspecified atom stereocenters. The van der Waals surface area contributed by atoms with Crippen LogP contribution in [0.1, 0.15) is 22.8 Å². The molecular formula is C21H19NO3. The molecule has 4 nitrogen and oxygen atoms in total. The number of ether oxygens (including phenoxy) is 1. The monoisotopic (exact) mass is 333 g/mol. The molecule has 1 atom stereocenters. The number of esters is 1. The topological polar surface area (TPSA) is 55.4 Å². The molecule has 25 heavy (non-hydrogen) atoms. The lowest BCUT2D eigenvalue weighted by atomic mass is 10.0. The van der Waals surface area contributed by atoms with Crippen LogP contribution in [0, 0.1) is 6.92 Å². The van der Waals surface area contributed by atoms with Gasteiger partial charge >= 0.3 is 5.97 Å². The summed E-state index contributed by atoms with van der Waals surface area (Å²) < 4.78 is 5.36. The molecule has 0 heterocycles. The lowest BCUT2D eigenvalue weighted by molar-refractivity contribution is -0.123. The van der Waals surface area contributed by atoms with Crippen molar-refractivity contribution in [2.75, 3.05) is 5.32 Å². The van der Waals surface area contributed by atoms with E-state index in [2.05, 4.69) is 5.32 Å². The molecule has 3 aromatic rings. The summed E-state index contributed by atoms with van der Waals surface area (Å²) in [6.07, 6.45) is -0.896. The van der Waals surface area contributed by atoms with Gasteiger partial charge in [-0.3, -0.25) is 4.79 Å². The zero-order chi connectivity index (χ0) is 17.8. The molecule has 0 radical (unpaired) electrons. The van der Waals surface area contributed by atoms with Crippen molar-refractivity contribution < 1.29 is 14.3 Å². The number of aryl methyl sites for hydroxylation is 1. The predicted molar refractivity (Wildman–Crippen MR) is 98.6 cm³/mol. The van der Waals surface area contributed by atoms with Gasteiger partial charge in [-0.25, -0.2) is 4.79 Å². The molecule has 126 valence electrons. The van der Waals surface area contributed by atoms with E-state index >= 15 is 0 Å². The minimum Gasteiger partial charge on any atom is -0.449 e. The molecule has 0 aliphatic rings. The Morgan fingerprint density at radius 2 is 1.68 bits per heavy atom. The van der Waals surface area contributed by atoms with E-state index in [9.17, 15) is 9.59 Å². The van der Waals surface area contributed by atoms with Crippen LogP contribution in [0.15, 0.2) is 66.7 Å². The van der Waals surface area contributed by atoms with E-state index < -0.39 is 12.1 Å². The molecule has 0 aliphatic heterocycles. The molecule has 0 aliphatic carbocycles. The molecule has 0 saturated carbocycles. The number of nitrogens with one attached hydrogen (secondary N) is 1. The molecule has 3 aromatic carbocycles. The first-order chi connectivity index (χ1) is 12.0. The first-order valence-corrected chi connectivity index (χ1v) is 8.11. The Morgan fingerprint density at radius 1 is 0.960 bits per heavy atom. The second-order valence-electron chi connectivity index (χ2n) is 5.93. The van der Waals surface area contributed by atoms with Crippen molar-refractivity contribution >= 4 is 28.3 Å². The summed E-state index contributed by atoms with van der Waals surface area (Å²) in [5.74, 6) is -0.872. The zero-order valence-corrected chi connectivity index (χ0v) is 14.2. The van der Waals surface area contributed by atoms with Crippen molar-refractivity contribution in [3.05, 3.63) is 77.9 Å². The van der Waals surface area contributed by atoms with Crippen LogP contribution in [0.25, 0.3) is 10.8 Å². The van der Waals surface area contributed by atoms with Gasteiger partial charge in [0.15, 0.2) is 6.10 Å². The molecule has 3 rings (SSSR count). The standard InChI is InChI=1S/C21H19NO3/c1-14-7-5-10-17(13-14)22-20(23)15(2)25-21(24)19-12-6-9-16-8-3-4-11-18(16)19/h3-13,15H,1-2H3,(H,22,23)/t15-/m1/s1. The van der Waals surface area contributed by atoms with E-state index in [4.69, 9.17) is 4.74 Å². The second-order valence-corrected chi connectivity index (χ2v) is 5.93. The number of rotatable bonds is 4. The Balaban J connectivity index is 1.72. The Bertz CT molecular complexity index is 928. The number of carbonyl (C=O) groups is 2. The van der Waals surface area contributed by atoms with E-state index in [1.54, 1.807) is 25.1 Å². The van der Waals surface area contributed by atoms with Crippen LogP contribution >= 0.6 is 0 Å². The number of fused-ring (bicyclic) bond motifs is 1. The molecule has 0 aromatic heterocycles. The van der Waals surface area contributed by atoms with Gasteiger partial charge in [-0.05, 0) is 48.4 Å². The van der Waals surface area contributed by atoms with Gasteiger partial charge in [-0.15, -0.1) is 0 Å². The Morgan fingerprint density at radius 3 is 2.48 bits per heavy atom. The number of carbonyl (C=O) groups excluding carboxylic acids is 2. The normalized spacial score (nSPS) is 11.8. The van der Waals surface area contributed by atoms with Crippen molar-refractivity contribution in [3.8, 4) is 0 Å². The van der Waals surface area contributed by atoms with Crippen LogP contribution in [0.4, 0.5) is 5.69 Å². The summed E-state index contributed by atoms with van der Waals surface area (Å²) in [7, 11) is 0. The number of hydrogen-bond acceptors (Lipinski definition) is 3. The Labute approximate surface area is 146 Å². The van der Waals surface area contributed by atoms with Crippen LogP contribution in [0.5, 0.6) is 0 Å². The summed E-state index contributed by atoms with van der Waals surface area (Å²) in [5.41, 5.74) is 2.17. The first kappa shape index (κ1) is 16.7. The molecule has 0 saturated heterocycles. The van der Waals surface area contributed by atoms with Crippen molar-refractivity contribution in [2.45, 2.75) is 20.0 Å². The minimum absolute atomic E-state index is 0.362. The highest BCUT2D eigenvalue weighted by Crippen LogP contribution is 2.20. The van der Waals surface area contributed by atoms with Gasteiger partial charge in [0.05, 0.1) is 5.56 Å². The summed E-state index contributed by atoms with van der Waals surface area (Å²) in [6, 6.07) is 20.5. The molecule has 1 amide bonds. The SMILES string of the molecule is Cc1cccc(NC(=O)[C@@H](C)OC(=O)c2cccc3ccccc23)c1. The van der Waals surface area contributed by atoms with Gasteiger partial charge in [0.2, 0.25) is 0 Å². The van der Waals surface area contributed by atoms with Crippen LogP contribution < -0.4 is 5.32 Å². The van der Waals surface area contributed by atoms with Gasteiger partial charge < -0.3 is 10.1 Å². The fourth-order valence-corrected chi connectivity index (χ4v) is 2.65. The molecule has 0 fully saturated rings. The van der Waals surface area contributed by atoms with Crippen LogP contribution in [-0.2, 0) is 9.53 Å². The lowest BCUT2D eigenvalue weighted by Gasteiger charge is -2.14. The number of hydrogen-bond donors (Lipinski definition) is 1. The number of amides is 1. The number of benzene rings is 3. The minimum atomic E-state index is -0.896. The molecule has 1 N–H and O–H groups in total. The van der Waals surface area contributed by atoms with Crippen LogP contribution in [-0.4, -0.2) is 18.0 Å². The van der Waals surface area contributed by atoms with Gasteiger partial charge in [0.25, 0.3) is 5.91 Å². The second kappa shape index (κ2) is 7.18. The fraction of sp³-hybridized carbons (Fsp3) is 0.143. The summed E-state index contributed by atoms with van der Waals surface area (Å²) in [6.45, 7) is 3.51. The quantitative estimate of drug-likeness (QED) is 0.723. The average Bonchev–Trinajstić information content (AvgIpc) is 2.61. The van der Waals surface area contributed by atoms with E-state index in [0.29, 0.717) is 11.3 Å². The lowest BCUT2D eigenvalue weighted by Crippen LogP contribution is -2.30. The van der Waals surface area contributed by atoms with Crippen molar-refractivity contribution in [1.29, 1.82) is 0 Å². The third-order valence-corrected chi connectivity index (χ3v) is 3.95. The summed E-state index contributed by atoms with van der Waals surface area (Å²) in [4.78, 5) is 24.7. The van der Waals surface area contributed by atoms with Crippen LogP contribution in [0.2, 0.25) is 0 Å². The summed E-state index contributed by atoms with van der Waals surface area (Å²) in [5, 5.41) is 4.52. The third kappa shape index (κ3) is 3.86. The van der Waals surface area contributed by atoms with Crippen molar-refractivity contribution in [1.82, 2.24) is 0 Å². The predicted octanol–water partition coefficient (Wildman–Crippen LogP) is 4.33. The highest BCUT2D eigenvalue weighted by atomic mass is 16.5.